The lowest BCUT2D eigenvalue weighted by atomic mass is 9.89. The third-order valence-corrected chi connectivity index (χ3v) is 3.04. The molecule has 0 unspecified atom stereocenters. The van der Waals surface area contributed by atoms with Crippen molar-refractivity contribution < 1.29 is 0 Å². The summed E-state index contributed by atoms with van der Waals surface area (Å²) >= 11 is 0. The topological polar surface area (TPSA) is 4.93 Å². The first-order chi connectivity index (χ1) is 7.00. The van der Waals surface area contributed by atoms with Crippen LogP contribution in [0.4, 0.5) is 0 Å². The van der Waals surface area contributed by atoms with Crippen molar-refractivity contribution in [2.45, 2.75) is 26.7 Å². The Hall–Kier alpha value is -1.18. The molecule has 2 aromatic rings. The molecule has 0 aliphatic heterocycles. The van der Waals surface area contributed by atoms with E-state index >= 15 is 0 Å². The zero-order valence-corrected chi connectivity index (χ0v) is 9.83. The Labute approximate surface area is 92.5 Å². The summed E-state index contributed by atoms with van der Waals surface area (Å²) in [4.78, 5) is 0. The van der Waals surface area contributed by atoms with Gasteiger partial charge in [-0.1, -0.05) is 31.4 Å². The molecule has 0 saturated carbocycles. The SMILES string of the molecule is [B]c1cc(C(C)C)c2c(c1)cc(C)n2C. The molecule has 1 aromatic carbocycles. The molecule has 2 heteroatoms. The highest BCUT2D eigenvalue weighted by Crippen LogP contribution is 2.26. The summed E-state index contributed by atoms with van der Waals surface area (Å²) < 4.78 is 2.24. The molecule has 0 N–H and O–H groups in total. The van der Waals surface area contributed by atoms with Crippen LogP contribution in [0.2, 0.25) is 0 Å². The average molecular weight is 197 g/mol. The maximum atomic E-state index is 5.91. The third kappa shape index (κ3) is 1.58. The summed E-state index contributed by atoms with van der Waals surface area (Å²) in [5.41, 5.74) is 4.78. The van der Waals surface area contributed by atoms with Gasteiger partial charge >= 0.3 is 0 Å². The van der Waals surface area contributed by atoms with Crippen molar-refractivity contribution in [3.8, 4) is 0 Å². The number of nitrogens with zero attached hydrogens (tertiary/aromatic N) is 1. The molecule has 1 aromatic heterocycles. The van der Waals surface area contributed by atoms with Crippen LogP contribution in [0.1, 0.15) is 31.0 Å². The molecule has 1 nitrogen and oxygen atoms in total. The second-order valence-corrected chi connectivity index (χ2v) is 4.55. The van der Waals surface area contributed by atoms with Crippen LogP contribution >= 0.6 is 0 Å². The predicted octanol–water partition coefficient (Wildman–Crippen LogP) is 2.40. The fraction of sp³-hybridized carbons (Fsp3) is 0.385. The predicted molar refractivity (Wildman–Crippen MR) is 67.1 cm³/mol. The Morgan fingerprint density at radius 3 is 2.47 bits per heavy atom. The van der Waals surface area contributed by atoms with E-state index < -0.39 is 0 Å². The largest absolute Gasteiger partial charge is 0.348 e. The lowest BCUT2D eigenvalue weighted by Crippen LogP contribution is -2.06. The molecule has 0 bridgehead atoms. The van der Waals surface area contributed by atoms with Crippen molar-refractivity contribution in [3.05, 3.63) is 29.5 Å². The van der Waals surface area contributed by atoms with Crippen LogP contribution in [0.5, 0.6) is 0 Å². The fourth-order valence-corrected chi connectivity index (χ4v) is 2.14. The Balaban J connectivity index is 2.88. The van der Waals surface area contributed by atoms with Gasteiger partial charge in [-0.05, 0) is 29.9 Å². The van der Waals surface area contributed by atoms with Crippen molar-refractivity contribution in [3.63, 3.8) is 0 Å². The quantitative estimate of drug-likeness (QED) is 0.618. The van der Waals surface area contributed by atoms with Gasteiger partial charge in [0.15, 0.2) is 0 Å². The molecule has 76 valence electrons. The first kappa shape index (κ1) is 10.3. The molecular weight excluding hydrogens is 181 g/mol. The van der Waals surface area contributed by atoms with E-state index in [0.29, 0.717) is 5.92 Å². The number of aryl methyl sites for hydroxylation is 2. The maximum absolute atomic E-state index is 5.91. The van der Waals surface area contributed by atoms with Gasteiger partial charge in [-0.3, -0.25) is 0 Å². The standard InChI is InChI=1S/C13H16BN/c1-8(2)12-7-11(14)6-10-5-9(3)15(4)13(10)12/h5-8H,1-4H3. The first-order valence-corrected chi connectivity index (χ1v) is 5.36. The minimum absolute atomic E-state index is 0.504. The van der Waals surface area contributed by atoms with E-state index in [1.807, 2.05) is 6.07 Å². The van der Waals surface area contributed by atoms with Gasteiger partial charge in [0.1, 0.15) is 7.85 Å². The van der Waals surface area contributed by atoms with Crippen LogP contribution in [0.3, 0.4) is 0 Å². The minimum atomic E-state index is 0.504. The lowest BCUT2D eigenvalue weighted by Gasteiger charge is -2.11. The molecule has 2 radical (unpaired) electrons. The average Bonchev–Trinajstić information content (AvgIpc) is 2.41. The summed E-state index contributed by atoms with van der Waals surface area (Å²) in [6, 6.07) is 6.33. The first-order valence-electron chi connectivity index (χ1n) is 5.36. The molecule has 0 aliphatic rings. The highest BCUT2D eigenvalue weighted by molar-refractivity contribution is 6.33. The van der Waals surface area contributed by atoms with Crippen LogP contribution in [0.15, 0.2) is 18.2 Å². The molecule has 15 heavy (non-hydrogen) atoms. The van der Waals surface area contributed by atoms with Crippen LogP contribution in [-0.2, 0) is 7.05 Å². The Morgan fingerprint density at radius 2 is 1.87 bits per heavy atom. The van der Waals surface area contributed by atoms with Gasteiger partial charge in [0, 0.05) is 12.7 Å². The Kier molecular flexibility index (Phi) is 2.37. The lowest BCUT2D eigenvalue weighted by molar-refractivity contribution is 0.848. The van der Waals surface area contributed by atoms with E-state index in [4.69, 9.17) is 7.85 Å². The fourth-order valence-electron chi connectivity index (χ4n) is 2.14. The van der Waals surface area contributed by atoms with Gasteiger partial charge < -0.3 is 4.57 Å². The second-order valence-electron chi connectivity index (χ2n) is 4.55. The molecular formula is C13H16BN. The van der Waals surface area contributed by atoms with Crippen molar-refractivity contribution >= 4 is 24.2 Å². The number of rotatable bonds is 1. The van der Waals surface area contributed by atoms with E-state index in [-0.39, 0.29) is 0 Å². The van der Waals surface area contributed by atoms with Gasteiger partial charge in [0.05, 0.1) is 5.52 Å². The summed E-state index contributed by atoms with van der Waals surface area (Å²) in [7, 11) is 8.02. The van der Waals surface area contributed by atoms with Crippen molar-refractivity contribution in [1.29, 1.82) is 0 Å². The zero-order valence-electron chi connectivity index (χ0n) is 9.83. The molecule has 0 amide bonds. The molecule has 0 spiro atoms. The number of hydrogen-bond acceptors (Lipinski definition) is 0. The molecule has 1 heterocycles. The number of aromatic nitrogens is 1. The van der Waals surface area contributed by atoms with Crippen LogP contribution < -0.4 is 5.46 Å². The molecule has 0 fully saturated rings. The van der Waals surface area contributed by atoms with Crippen LogP contribution in [-0.4, -0.2) is 12.4 Å². The number of hydrogen-bond donors (Lipinski definition) is 0. The molecule has 0 atom stereocenters. The summed E-state index contributed by atoms with van der Waals surface area (Å²) in [5, 5.41) is 1.25. The van der Waals surface area contributed by atoms with Gasteiger partial charge in [0.25, 0.3) is 0 Å². The number of benzene rings is 1. The highest BCUT2D eigenvalue weighted by Gasteiger charge is 2.10. The van der Waals surface area contributed by atoms with Crippen LogP contribution in [0, 0.1) is 6.92 Å². The summed E-state index contributed by atoms with van der Waals surface area (Å²) in [6.07, 6.45) is 0. The normalized spacial score (nSPS) is 11.5. The zero-order chi connectivity index (χ0) is 11.2. The molecule has 0 aliphatic carbocycles. The van der Waals surface area contributed by atoms with Gasteiger partial charge in [-0.2, -0.15) is 0 Å². The van der Waals surface area contributed by atoms with Crippen molar-refractivity contribution in [1.82, 2.24) is 4.57 Å². The smallest absolute Gasteiger partial charge is 0.113 e. The summed E-state index contributed by atoms with van der Waals surface area (Å²) in [5.74, 6) is 0.504. The van der Waals surface area contributed by atoms with Crippen molar-refractivity contribution in [2.24, 2.45) is 7.05 Å². The van der Waals surface area contributed by atoms with Crippen molar-refractivity contribution in [2.75, 3.05) is 0 Å². The van der Waals surface area contributed by atoms with Crippen LogP contribution in [0.25, 0.3) is 10.9 Å². The third-order valence-electron chi connectivity index (χ3n) is 3.04. The molecule has 2 rings (SSSR count). The van der Waals surface area contributed by atoms with E-state index in [1.54, 1.807) is 0 Å². The van der Waals surface area contributed by atoms with Gasteiger partial charge in [0.2, 0.25) is 0 Å². The van der Waals surface area contributed by atoms with E-state index in [2.05, 4.69) is 44.5 Å². The number of fused-ring (bicyclic) bond motifs is 1. The monoisotopic (exact) mass is 197 g/mol. The molecule has 0 saturated heterocycles. The maximum Gasteiger partial charge on any atom is 0.113 e. The van der Waals surface area contributed by atoms with E-state index in [0.717, 1.165) is 5.46 Å². The Bertz CT molecular complexity index is 509. The van der Waals surface area contributed by atoms with E-state index in [1.165, 1.54) is 22.2 Å². The van der Waals surface area contributed by atoms with E-state index in [9.17, 15) is 0 Å². The van der Waals surface area contributed by atoms with Gasteiger partial charge in [-0.25, -0.2) is 0 Å². The highest BCUT2D eigenvalue weighted by atomic mass is 14.9. The Morgan fingerprint density at radius 1 is 1.20 bits per heavy atom. The summed E-state index contributed by atoms with van der Waals surface area (Å²) in [6.45, 7) is 6.54. The van der Waals surface area contributed by atoms with Gasteiger partial charge in [-0.15, -0.1) is 0 Å². The second kappa shape index (κ2) is 3.44. The minimum Gasteiger partial charge on any atom is -0.348 e.